The molecule has 1 aliphatic carbocycles. The molecular weight excluding hydrogens is 387 g/mol. The van der Waals surface area contributed by atoms with Crippen LogP contribution in [0.15, 0.2) is 18.2 Å². The van der Waals surface area contributed by atoms with Gasteiger partial charge >= 0.3 is 0 Å². The smallest absolute Gasteiger partial charge is 0.254 e. The highest BCUT2D eigenvalue weighted by Crippen LogP contribution is 2.37. The van der Waals surface area contributed by atoms with Crippen molar-refractivity contribution in [3.8, 4) is 0 Å². The molecule has 3 nitrogen and oxygen atoms in total. The Bertz CT molecular complexity index is 523. The van der Waals surface area contributed by atoms with Crippen LogP contribution >= 0.6 is 35.0 Å². The predicted octanol–water partition coefficient (Wildman–Crippen LogP) is 2.83. The van der Waals surface area contributed by atoms with Gasteiger partial charge in [-0.1, -0.05) is 6.07 Å². The molecule has 1 saturated carbocycles. The Morgan fingerprint density at radius 1 is 1.35 bits per heavy atom. The molecule has 0 aromatic heterocycles. The van der Waals surface area contributed by atoms with Gasteiger partial charge in [0, 0.05) is 28.3 Å². The maximum atomic E-state index is 12.6. The van der Waals surface area contributed by atoms with Crippen LogP contribution in [0.5, 0.6) is 0 Å². The standard InChI is InChI=1S/C15H19IN2O.ClH/c1-9-2-4-11(16)6-12(9)15(19)18-7-10-3-5-14(17)13(10)8-18;/h2,4,6,10,13-14H,3,5,7-8,17H2,1H3;1H. The first-order chi connectivity index (χ1) is 9.06. The summed E-state index contributed by atoms with van der Waals surface area (Å²) in [5, 5.41) is 0. The van der Waals surface area contributed by atoms with Crippen LogP contribution < -0.4 is 5.73 Å². The molecule has 0 radical (unpaired) electrons. The lowest BCUT2D eigenvalue weighted by Gasteiger charge is -2.20. The lowest BCUT2D eigenvalue weighted by molar-refractivity contribution is 0.0779. The number of carbonyl (C=O) groups is 1. The Morgan fingerprint density at radius 3 is 2.80 bits per heavy atom. The zero-order valence-corrected chi connectivity index (χ0v) is 14.5. The third-order valence-corrected chi connectivity index (χ3v) is 5.30. The molecule has 1 saturated heterocycles. The SMILES string of the molecule is Cc1ccc(I)cc1C(=O)N1CC2CCC(N)C2C1.Cl. The highest BCUT2D eigenvalue weighted by molar-refractivity contribution is 14.1. The summed E-state index contributed by atoms with van der Waals surface area (Å²) in [4.78, 5) is 14.6. The minimum absolute atomic E-state index is 0. The van der Waals surface area contributed by atoms with Gasteiger partial charge in [0.2, 0.25) is 0 Å². The number of amides is 1. The van der Waals surface area contributed by atoms with Crippen molar-refractivity contribution >= 4 is 40.9 Å². The number of benzene rings is 1. The normalized spacial score (nSPS) is 28.1. The van der Waals surface area contributed by atoms with Crippen LogP contribution in [0.4, 0.5) is 0 Å². The fourth-order valence-corrected chi connectivity index (χ4v) is 3.96. The number of likely N-dealkylation sites (tertiary alicyclic amines) is 1. The maximum absolute atomic E-state index is 12.6. The minimum atomic E-state index is 0. The molecule has 0 bridgehead atoms. The number of nitrogens with zero attached hydrogens (tertiary/aromatic N) is 1. The second kappa shape index (κ2) is 6.20. The fourth-order valence-electron chi connectivity index (χ4n) is 3.47. The third kappa shape index (κ3) is 2.83. The van der Waals surface area contributed by atoms with Crippen LogP contribution in [0.1, 0.15) is 28.8 Å². The van der Waals surface area contributed by atoms with E-state index in [1.807, 2.05) is 30.0 Å². The summed E-state index contributed by atoms with van der Waals surface area (Å²) in [6, 6.07) is 6.35. The summed E-state index contributed by atoms with van der Waals surface area (Å²) >= 11 is 2.26. The lowest BCUT2D eigenvalue weighted by Crippen LogP contribution is -2.33. The number of fused-ring (bicyclic) bond motifs is 1. The van der Waals surface area contributed by atoms with E-state index in [0.29, 0.717) is 17.9 Å². The van der Waals surface area contributed by atoms with Crippen molar-refractivity contribution in [1.29, 1.82) is 0 Å². The molecule has 2 aliphatic rings. The molecule has 1 aromatic rings. The fraction of sp³-hybridized carbons (Fsp3) is 0.533. The molecule has 3 rings (SSSR count). The molecule has 1 heterocycles. The number of rotatable bonds is 1. The Kier molecular flexibility index (Phi) is 4.97. The van der Waals surface area contributed by atoms with Crippen LogP contribution in [0.3, 0.4) is 0 Å². The van der Waals surface area contributed by atoms with Gasteiger partial charge in [-0.15, -0.1) is 12.4 Å². The highest BCUT2D eigenvalue weighted by atomic mass is 127. The monoisotopic (exact) mass is 406 g/mol. The van der Waals surface area contributed by atoms with Gasteiger partial charge in [-0.25, -0.2) is 0 Å². The number of aryl methyl sites for hydroxylation is 1. The Balaban J connectivity index is 0.00000147. The number of nitrogens with two attached hydrogens (primary N) is 1. The molecule has 3 unspecified atom stereocenters. The molecule has 1 aliphatic heterocycles. The van der Waals surface area contributed by atoms with Gasteiger partial charge in [0.15, 0.2) is 0 Å². The van der Waals surface area contributed by atoms with Gasteiger partial charge in [0.1, 0.15) is 0 Å². The topological polar surface area (TPSA) is 46.3 Å². The first-order valence-corrected chi connectivity index (χ1v) is 7.95. The molecule has 110 valence electrons. The molecule has 20 heavy (non-hydrogen) atoms. The van der Waals surface area contributed by atoms with Gasteiger partial charge in [-0.05, 0) is 71.9 Å². The molecule has 1 aromatic carbocycles. The van der Waals surface area contributed by atoms with E-state index in [9.17, 15) is 4.79 Å². The first kappa shape index (κ1) is 16.0. The van der Waals surface area contributed by atoms with Crippen LogP contribution in [0.25, 0.3) is 0 Å². The van der Waals surface area contributed by atoms with Gasteiger partial charge < -0.3 is 10.6 Å². The molecule has 3 atom stereocenters. The summed E-state index contributed by atoms with van der Waals surface area (Å²) in [7, 11) is 0. The van der Waals surface area contributed by atoms with E-state index in [4.69, 9.17) is 5.73 Å². The van der Waals surface area contributed by atoms with E-state index in [1.165, 1.54) is 6.42 Å². The molecule has 2 fully saturated rings. The van der Waals surface area contributed by atoms with Crippen LogP contribution in [0, 0.1) is 22.3 Å². The summed E-state index contributed by atoms with van der Waals surface area (Å²) in [6.45, 7) is 3.74. The zero-order valence-electron chi connectivity index (χ0n) is 11.5. The highest BCUT2D eigenvalue weighted by Gasteiger charge is 2.42. The van der Waals surface area contributed by atoms with Crippen molar-refractivity contribution in [2.24, 2.45) is 17.6 Å². The maximum Gasteiger partial charge on any atom is 0.254 e. The van der Waals surface area contributed by atoms with Crippen molar-refractivity contribution in [1.82, 2.24) is 4.90 Å². The summed E-state index contributed by atoms with van der Waals surface area (Å²) < 4.78 is 1.11. The van der Waals surface area contributed by atoms with E-state index < -0.39 is 0 Å². The van der Waals surface area contributed by atoms with Crippen LogP contribution in [-0.2, 0) is 0 Å². The average molecular weight is 407 g/mol. The predicted molar refractivity (Wildman–Crippen MR) is 91.2 cm³/mol. The quantitative estimate of drug-likeness (QED) is 0.729. The Morgan fingerprint density at radius 2 is 2.10 bits per heavy atom. The van der Waals surface area contributed by atoms with E-state index >= 15 is 0 Å². The van der Waals surface area contributed by atoms with Crippen LogP contribution in [0.2, 0.25) is 0 Å². The van der Waals surface area contributed by atoms with E-state index in [1.54, 1.807) is 0 Å². The Hall–Kier alpha value is -0.330. The van der Waals surface area contributed by atoms with Crippen LogP contribution in [-0.4, -0.2) is 29.9 Å². The summed E-state index contributed by atoms with van der Waals surface area (Å²) in [5.41, 5.74) is 8.05. The first-order valence-electron chi connectivity index (χ1n) is 6.87. The molecule has 0 spiro atoms. The van der Waals surface area contributed by atoms with Crippen molar-refractivity contribution < 1.29 is 4.79 Å². The number of hydrogen-bond acceptors (Lipinski definition) is 2. The van der Waals surface area contributed by atoms with Crippen molar-refractivity contribution in [2.75, 3.05) is 13.1 Å². The molecule has 2 N–H and O–H groups in total. The van der Waals surface area contributed by atoms with Gasteiger partial charge in [-0.2, -0.15) is 0 Å². The average Bonchev–Trinajstić information content (AvgIpc) is 2.94. The van der Waals surface area contributed by atoms with E-state index in [0.717, 1.165) is 34.2 Å². The summed E-state index contributed by atoms with van der Waals surface area (Å²) in [5.74, 6) is 1.33. The minimum Gasteiger partial charge on any atom is -0.338 e. The van der Waals surface area contributed by atoms with Gasteiger partial charge in [0.25, 0.3) is 5.91 Å². The van der Waals surface area contributed by atoms with Crippen molar-refractivity contribution in [2.45, 2.75) is 25.8 Å². The largest absolute Gasteiger partial charge is 0.338 e. The molecule has 5 heteroatoms. The molecular formula is C15H20ClIN2O. The molecule has 1 amide bonds. The van der Waals surface area contributed by atoms with Crippen molar-refractivity contribution in [3.05, 3.63) is 32.9 Å². The second-order valence-corrected chi connectivity index (χ2v) is 7.08. The number of carbonyl (C=O) groups excluding carboxylic acids is 1. The Labute approximate surface area is 139 Å². The van der Waals surface area contributed by atoms with E-state index in [-0.39, 0.29) is 18.3 Å². The lowest BCUT2D eigenvalue weighted by atomic mass is 9.98. The number of hydrogen-bond donors (Lipinski definition) is 1. The van der Waals surface area contributed by atoms with Crippen molar-refractivity contribution in [3.63, 3.8) is 0 Å². The second-order valence-electron chi connectivity index (χ2n) is 5.83. The van der Waals surface area contributed by atoms with E-state index in [2.05, 4.69) is 22.6 Å². The summed E-state index contributed by atoms with van der Waals surface area (Å²) in [6.07, 6.45) is 2.31. The zero-order chi connectivity index (χ0) is 13.6. The third-order valence-electron chi connectivity index (χ3n) is 4.63. The van der Waals surface area contributed by atoms with Gasteiger partial charge in [0.05, 0.1) is 0 Å². The van der Waals surface area contributed by atoms with Gasteiger partial charge in [-0.3, -0.25) is 4.79 Å². The number of halogens is 2.